The molecule has 1 saturated carbocycles. The Morgan fingerprint density at radius 1 is 1.04 bits per heavy atom. The van der Waals surface area contributed by atoms with Gasteiger partial charge in [0.2, 0.25) is 0 Å². The molecule has 0 saturated heterocycles. The third-order valence-electron chi connectivity index (χ3n) is 5.43. The fourth-order valence-corrected chi connectivity index (χ4v) is 3.94. The van der Waals surface area contributed by atoms with Crippen LogP contribution in [0.2, 0.25) is 0 Å². The second kappa shape index (κ2) is 4.81. The van der Waals surface area contributed by atoms with Crippen LogP contribution in [-0.2, 0) is 13.0 Å². The third kappa shape index (κ3) is 1.94. The zero-order chi connectivity index (χ0) is 16.4. The number of fused-ring (bicyclic) bond motifs is 4. The molecular formula is C19H18N6. The third-order valence-corrected chi connectivity index (χ3v) is 5.43. The summed E-state index contributed by atoms with van der Waals surface area (Å²) in [4.78, 5) is 5.74. The highest BCUT2D eigenvalue weighted by molar-refractivity contribution is 6.00. The van der Waals surface area contributed by atoms with E-state index in [1.165, 1.54) is 24.1 Å². The molecule has 0 atom stereocenters. The topological polar surface area (TPSA) is 62.1 Å². The van der Waals surface area contributed by atoms with Crippen LogP contribution in [0.3, 0.4) is 0 Å². The van der Waals surface area contributed by atoms with Crippen LogP contribution in [0, 0.1) is 0 Å². The first-order valence-electron chi connectivity index (χ1n) is 8.92. The number of aromatic nitrogens is 5. The molecule has 1 aliphatic carbocycles. The van der Waals surface area contributed by atoms with Crippen molar-refractivity contribution in [3.63, 3.8) is 0 Å². The van der Waals surface area contributed by atoms with Crippen molar-refractivity contribution in [2.75, 3.05) is 11.4 Å². The van der Waals surface area contributed by atoms with Gasteiger partial charge in [0.15, 0.2) is 17.3 Å². The van der Waals surface area contributed by atoms with E-state index in [4.69, 9.17) is 5.10 Å². The quantitative estimate of drug-likeness (QED) is 0.614. The average Bonchev–Trinajstić information content (AvgIpc) is 3.23. The Morgan fingerprint density at radius 2 is 1.92 bits per heavy atom. The molecule has 0 bridgehead atoms. The van der Waals surface area contributed by atoms with Gasteiger partial charge in [-0.25, -0.2) is 0 Å². The highest BCUT2D eigenvalue weighted by Crippen LogP contribution is 2.40. The Bertz CT molecular complexity index is 1100. The van der Waals surface area contributed by atoms with Crippen LogP contribution < -0.4 is 4.90 Å². The molecule has 1 aliphatic heterocycles. The van der Waals surface area contributed by atoms with Gasteiger partial charge in [0.25, 0.3) is 0 Å². The highest BCUT2D eigenvalue weighted by Gasteiger charge is 2.30. The Morgan fingerprint density at radius 3 is 2.80 bits per heavy atom. The van der Waals surface area contributed by atoms with Gasteiger partial charge >= 0.3 is 0 Å². The van der Waals surface area contributed by atoms with Gasteiger partial charge in [0.1, 0.15) is 0 Å². The lowest BCUT2D eigenvalue weighted by Gasteiger charge is -2.29. The Hall–Kier alpha value is -2.89. The zero-order valence-corrected chi connectivity index (χ0v) is 13.8. The van der Waals surface area contributed by atoms with Crippen LogP contribution >= 0.6 is 0 Å². The molecule has 124 valence electrons. The Kier molecular flexibility index (Phi) is 2.58. The Balaban J connectivity index is 1.58. The van der Waals surface area contributed by atoms with Crippen LogP contribution in [0.5, 0.6) is 0 Å². The summed E-state index contributed by atoms with van der Waals surface area (Å²) in [6.07, 6.45) is 5.45. The summed E-state index contributed by atoms with van der Waals surface area (Å²) < 4.78 is 1.99. The van der Waals surface area contributed by atoms with Crippen molar-refractivity contribution in [3.05, 3.63) is 53.6 Å². The first kappa shape index (κ1) is 13.4. The lowest BCUT2D eigenvalue weighted by molar-refractivity contribution is 0.699. The van der Waals surface area contributed by atoms with Gasteiger partial charge < -0.3 is 9.88 Å². The lowest BCUT2D eigenvalue weighted by Crippen LogP contribution is -2.31. The SMILES string of the molecule is c1ccc2c(c1)c(N1CCc3[nH]ccc3C1)nn1c(C3CC3)nnc21. The summed E-state index contributed by atoms with van der Waals surface area (Å²) in [7, 11) is 0. The molecule has 1 N–H and O–H groups in total. The van der Waals surface area contributed by atoms with Gasteiger partial charge in [-0.15, -0.1) is 15.3 Å². The molecule has 0 radical (unpaired) electrons. The highest BCUT2D eigenvalue weighted by atomic mass is 15.4. The molecule has 6 rings (SSSR count). The molecule has 0 amide bonds. The molecule has 1 aromatic carbocycles. The molecule has 4 heterocycles. The average molecular weight is 330 g/mol. The minimum absolute atomic E-state index is 0.522. The maximum atomic E-state index is 5.01. The first-order valence-corrected chi connectivity index (χ1v) is 8.92. The van der Waals surface area contributed by atoms with Crippen molar-refractivity contribution < 1.29 is 0 Å². The second-order valence-corrected chi connectivity index (χ2v) is 7.09. The Labute approximate surface area is 144 Å². The lowest BCUT2D eigenvalue weighted by atomic mass is 10.1. The van der Waals surface area contributed by atoms with Crippen molar-refractivity contribution in [1.82, 2.24) is 24.8 Å². The summed E-state index contributed by atoms with van der Waals surface area (Å²) in [5.41, 5.74) is 3.59. The van der Waals surface area contributed by atoms with Gasteiger partial charge in [-0.2, -0.15) is 4.52 Å². The van der Waals surface area contributed by atoms with E-state index in [1.807, 2.05) is 10.7 Å². The van der Waals surface area contributed by atoms with E-state index in [-0.39, 0.29) is 0 Å². The van der Waals surface area contributed by atoms with Gasteiger partial charge in [0, 0.05) is 48.1 Å². The normalized spacial score (nSPS) is 17.4. The van der Waals surface area contributed by atoms with E-state index < -0.39 is 0 Å². The van der Waals surface area contributed by atoms with Gasteiger partial charge in [-0.1, -0.05) is 24.3 Å². The van der Waals surface area contributed by atoms with Crippen LogP contribution in [0.1, 0.15) is 35.8 Å². The number of H-pyrrole nitrogens is 1. The summed E-state index contributed by atoms with van der Waals surface area (Å²) in [6, 6.07) is 10.6. The second-order valence-electron chi connectivity index (χ2n) is 7.09. The van der Waals surface area contributed by atoms with Crippen molar-refractivity contribution in [1.29, 1.82) is 0 Å². The predicted octanol–water partition coefficient (Wildman–Crippen LogP) is 3.05. The van der Waals surface area contributed by atoms with Crippen LogP contribution in [0.4, 0.5) is 5.82 Å². The van der Waals surface area contributed by atoms with Crippen molar-refractivity contribution in [2.45, 2.75) is 31.7 Å². The fourth-order valence-electron chi connectivity index (χ4n) is 3.94. The number of benzene rings is 1. The van der Waals surface area contributed by atoms with Crippen LogP contribution in [-0.4, -0.2) is 31.3 Å². The van der Waals surface area contributed by atoms with E-state index in [0.717, 1.165) is 47.6 Å². The van der Waals surface area contributed by atoms with Crippen LogP contribution in [0.15, 0.2) is 36.5 Å². The largest absolute Gasteiger partial charge is 0.365 e. The van der Waals surface area contributed by atoms with Crippen molar-refractivity contribution in [3.8, 4) is 0 Å². The molecule has 6 nitrogen and oxygen atoms in total. The van der Waals surface area contributed by atoms with E-state index in [0.29, 0.717) is 5.92 Å². The molecule has 2 aliphatic rings. The molecule has 25 heavy (non-hydrogen) atoms. The van der Waals surface area contributed by atoms with E-state index in [1.54, 1.807) is 0 Å². The molecule has 0 unspecified atom stereocenters. The zero-order valence-electron chi connectivity index (χ0n) is 13.8. The van der Waals surface area contributed by atoms with Gasteiger partial charge in [-0.05, 0) is 24.5 Å². The van der Waals surface area contributed by atoms with E-state index in [2.05, 4.69) is 50.4 Å². The molecule has 0 spiro atoms. The number of hydrogen-bond acceptors (Lipinski definition) is 4. The predicted molar refractivity (Wildman–Crippen MR) is 95.8 cm³/mol. The minimum atomic E-state index is 0.522. The fraction of sp³-hybridized carbons (Fsp3) is 0.316. The number of nitrogens with zero attached hydrogens (tertiary/aromatic N) is 5. The summed E-state index contributed by atoms with van der Waals surface area (Å²) in [6.45, 7) is 1.86. The monoisotopic (exact) mass is 330 g/mol. The minimum Gasteiger partial charge on any atom is -0.365 e. The van der Waals surface area contributed by atoms with E-state index in [9.17, 15) is 0 Å². The maximum absolute atomic E-state index is 5.01. The van der Waals surface area contributed by atoms with Crippen molar-refractivity contribution >= 4 is 22.2 Å². The standard InChI is InChI=1S/C19H18N6/c1-2-4-15-14(3-1)18-22-21-17(12-5-6-12)25(18)23-19(15)24-10-8-16-13(11-24)7-9-20-16/h1-4,7,9,12,20H,5-6,8,10-11H2. The maximum Gasteiger partial charge on any atom is 0.185 e. The first-order chi connectivity index (χ1) is 12.4. The molecule has 3 aromatic heterocycles. The molecule has 4 aromatic rings. The van der Waals surface area contributed by atoms with Gasteiger partial charge in [0.05, 0.1) is 0 Å². The molecular weight excluding hydrogens is 312 g/mol. The van der Waals surface area contributed by atoms with Crippen molar-refractivity contribution in [2.24, 2.45) is 0 Å². The summed E-state index contributed by atoms with van der Waals surface area (Å²) >= 11 is 0. The number of anilines is 1. The van der Waals surface area contributed by atoms with Crippen LogP contribution in [0.25, 0.3) is 16.4 Å². The smallest absolute Gasteiger partial charge is 0.185 e. The van der Waals surface area contributed by atoms with Gasteiger partial charge in [-0.3, -0.25) is 0 Å². The molecule has 1 fully saturated rings. The number of nitrogens with one attached hydrogen (secondary N) is 1. The number of aromatic amines is 1. The van der Waals surface area contributed by atoms with E-state index >= 15 is 0 Å². The number of rotatable bonds is 2. The summed E-state index contributed by atoms with van der Waals surface area (Å²) in [5, 5.41) is 16.2. The summed E-state index contributed by atoms with van der Waals surface area (Å²) in [5.74, 6) is 2.58. The number of hydrogen-bond donors (Lipinski definition) is 1. The molecule has 6 heteroatoms.